The summed E-state index contributed by atoms with van der Waals surface area (Å²) in [5.41, 5.74) is 5.80. The third kappa shape index (κ3) is 3.37. The molecule has 0 atom stereocenters. The number of hydrogen-bond donors (Lipinski definition) is 2. The molecule has 0 saturated carbocycles. The van der Waals surface area contributed by atoms with Crippen molar-refractivity contribution in [2.24, 2.45) is 0 Å². The summed E-state index contributed by atoms with van der Waals surface area (Å²) < 4.78 is 5.50. The molecular formula is C17H17N3O5. The van der Waals surface area contributed by atoms with Gasteiger partial charge in [-0.3, -0.25) is 34.9 Å². The molecule has 1 aliphatic heterocycles. The zero-order valence-electron chi connectivity index (χ0n) is 13.6. The number of amides is 4. The van der Waals surface area contributed by atoms with E-state index in [1.165, 1.54) is 0 Å². The first kappa shape index (κ1) is 16.7. The molecule has 4 amide bonds. The highest BCUT2D eigenvalue weighted by Gasteiger charge is 2.28. The number of para-hydroxylation sites is 1. The number of nitrogens with one attached hydrogen (secondary N) is 2. The van der Waals surface area contributed by atoms with Crippen molar-refractivity contribution in [2.45, 2.75) is 26.2 Å². The van der Waals surface area contributed by atoms with Crippen LogP contribution in [0.15, 0.2) is 28.7 Å². The van der Waals surface area contributed by atoms with Crippen LogP contribution in [0.4, 0.5) is 0 Å². The molecule has 1 aromatic heterocycles. The highest BCUT2D eigenvalue weighted by atomic mass is 16.3. The fraction of sp³-hybridized carbons (Fsp3) is 0.294. The molecule has 1 aromatic carbocycles. The van der Waals surface area contributed by atoms with Crippen LogP contribution in [0, 0.1) is 6.92 Å². The Morgan fingerprint density at radius 2 is 1.80 bits per heavy atom. The maximum atomic E-state index is 12.2. The fourth-order valence-electron chi connectivity index (χ4n) is 2.72. The van der Waals surface area contributed by atoms with E-state index in [-0.39, 0.29) is 43.4 Å². The average Bonchev–Trinajstić information content (AvgIpc) is 3.11. The number of nitrogens with zero attached hydrogens (tertiary/aromatic N) is 1. The van der Waals surface area contributed by atoms with E-state index in [0.29, 0.717) is 11.1 Å². The number of aryl methyl sites for hydroxylation is 1. The van der Waals surface area contributed by atoms with Crippen molar-refractivity contribution in [3.63, 3.8) is 0 Å². The summed E-state index contributed by atoms with van der Waals surface area (Å²) in [6, 6.07) is 7.24. The van der Waals surface area contributed by atoms with Gasteiger partial charge in [0, 0.05) is 36.8 Å². The standard InChI is InChI=1S/C17H17N3O5/c1-10-11-4-2-3-5-12(11)25-16(10)17(24)19-18-13(21)8-9-20-14(22)6-7-15(20)23/h2-5H,6-9H2,1H3,(H,18,21)(H,19,24). The van der Waals surface area contributed by atoms with Gasteiger partial charge in [-0.1, -0.05) is 18.2 Å². The second kappa shape index (κ2) is 6.76. The molecule has 1 saturated heterocycles. The number of imide groups is 1. The van der Waals surface area contributed by atoms with E-state index >= 15 is 0 Å². The zero-order valence-corrected chi connectivity index (χ0v) is 13.6. The molecule has 1 fully saturated rings. The topological polar surface area (TPSA) is 109 Å². The van der Waals surface area contributed by atoms with Crippen LogP contribution < -0.4 is 10.9 Å². The monoisotopic (exact) mass is 343 g/mol. The number of carbonyl (C=O) groups excluding carboxylic acids is 4. The van der Waals surface area contributed by atoms with Gasteiger partial charge in [0.2, 0.25) is 17.7 Å². The van der Waals surface area contributed by atoms with Gasteiger partial charge >= 0.3 is 5.91 Å². The Labute approximate surface area is 143 Å². The number of hydrazine groups is 1. The number of likely N-dealkylation sites (tertiary alicyclic amines) is 1. The summed E-state index contributed by atoms with van der Waals surface area (Å²) in [7, 11) is 0. The Hall–Kier alpha value is -3.16. The van der Waals surface area contributed by atoms with Crippen molar-refractivity contribution in [3.8, 4) is 0 Å². The van der Waals surface area contributed by atoms with Crippen molar-refractivity contribution in [2.75, 3.05) is 6.54 Å². The zero-order chi connectivity index (χ0) is 18.0. The number of benzene rings is 1. The molecule has 2 aromatic rings. The Kier molecular flexibility index (Phi) is 4.51. The molecule has 130 valence electrons. The van der Waals surface area contributed by atoms with Crippen LogP contribution in [0.3, 0.4) is 0 Å². The maximum Gasteiger partial charge on any atom is 0.305 e. The quantitative estimate of drug-likeness (QED) is 0.637. The summed E-state index contributed by atoms with van der Waals surface area (Å²) in [4.78, 5) is 48.0. The van der Waals surface area contributed by atoms with Gasteiger partial charge in [0.05, 0.1) is 0 Å². The molecule has 0 bridgehead atoms. The Morgan fingerprint density at radius 3 is 2.48 bits per heavy atom. The molecule has 0 radical (unpaired) electrons. The van der Waals surface area contributed by atoms with E-state index in [1.54, 1.807) is 19.1 Å². The van der Waals surface area contributed by atoms with E-state index < -0.39 is 11.8 Å². The molecule has 1 aliphatic rings. The van der Waals surface area contributed by atoms with Crippen molar-refractivity contribution in [1.82, 2.24) is 15.8 Å². The molecule has 3 rings (SSSR count). The molecule has 8 heteroatoms. The third-order valence-electron chi connectivity index (χ3n) is 4.08. The van der Waals surface area contributed by atoms with E-state index in [0.717, 1.165) is 10.3 Å². The molecule has 0 spiro atoms. The Bertz CT molecular complexity index is 854. The first-order valence-electron chi connectivity index (χ1n) is 7.88. The number of rotatable bonds is 4. The lowest BCUT2D eigenvalue weighted by Gasteiger charge is -2.13. The number of hydrogen-bond acceptors (Lipinski definition) is 5. The largest absolute Gasteiger partial charge is 0.451 e. The van der Waals surface area contributed by atoms with Crippen LogP contribution in [0.1, 0.15) is 35.4 Å². The molecule has 2 N–H and O–H groups in total. The normalized spacial score (nSPS) is 14.2. The smallest absolute Gasteiger partial charge is 0.305 e. The van der Waals surface area contributed by atoms with Crippen LogP contribution in [0.5, 0.6) is 0 Å². The third-order valence-corrected chi connectivity index (χ3v) is 4.08. The maximum absolute atomic E-state index is 12.2. The lowest BCUT2D eigenvalue weighted by Crippen LogP contribution is -2.43. The summed E-state index contributed by atoms with van der Waals surface area (Å²) in [5.74, 6) is -1.52. The highest BCUT2D eigenvalue weighted by molar-refractivity contribution is 6.02. The van der Waals surface area contributed by atoms with E-state index in [2.05, 4.69) is 10.9 Å². The van der Waals surface area contributed by atoms with Crippen LogP contribution in [0.2, 0.25) is 0 Å². The van der Waals surface area contributed by atoms with Crippen molar-refractivity contribution in [3.05, 3.63) is 35.6 Å². The van der Waals surface area contributed by atoms with E-state index in [1.807, 2.05) is 12.1 Å². The van der Waals surface area contributed by atoms with Crippen molar-refractivity contribution in [1.29, 1.82) is 0 Å². The second-order valence-electron chi connectivity index (χ2n) is 5.74. The predicted molar refractivity (Wildman–Crippen MR) is 87.1 cm³/mol. The molecule has 0 unspecified atom stereocenters. The minimum absolute atomic E-state index is 0.00301. The Morgan fingerprint density at radius 1 is 1.12 bits per heavy atom. The van der Waals surface area contributed by atoms with Gasteiger partial charge in [-0.05, 0) is 13.0 Å². The van der Waals surface area contributed by atoms with Gasteiger partial charge in [0.15, 0.2) is 5.76 Å². The van der Waals surface area contributed by atoms with Gasteiger partial charge in [0.1, 0.15) is 5.58 Å². The SMILES string of the molecule is Cc1c(C(=O)NNC(=O)CCN2C(=O)CCC2=O)oc2ccccc12. The van der Waals surface area contributed by atoms with Crippen LogP contribution in [0.25, 0.3) is 11.0 Å². The minimum atomic E-state index is -0.574. The van der Waals surface area contributed by atoms with Crippen molar-refractivity contribution >= 4 is 34.6 Å². The molecule has 8 nitrogen and oxygen atoms in total. The first-order chi connectivity index (χ1) is 12.0. The average molecular weight is 343 g/mol. The molecule has 25 heavy (non-hydrogen) atoms. The van der Waals surface area contributed by atoms with Gasteiger partial charge in [0.25, 0.3) is 0 Å². The summed E-state index contributed by atoms with van der Waals surface area (Å²) in [6.45, 7) is 1.76. The summed E-state index contributed by atoms with van der Waals surface area (Å²) in [5, 5.41) is 0.824. The molecule has 2 heterocycles. The van der Waals surface area contributed by atoms with Gasteiger partial charge < -0.3 is 4.42 Å². The van der Waals surface area contributed by atoms with Gasteiger partial charge in [-0.25, -0.2) is 0 Å². The number of fused-ring (bicyclic) bond motifs is 1. The number of furan rings is 1. The molecule has 0 aliphatic carbocycles. The van der Waals surface area contributed by atoms with Crippen LogP contribution in [-0.2, 0) is 14.4 Å². The van der Waals surface area contributed by atoms with E-state index in [9.17, 15) is 19.2 Å². The minimum Gasteiger partial charge on any atom is -0.451 e. The predicted octanol–water partition coefficient (Wildman–Crippen LogP) is 1.04. The lowest BCUT2D eigenvalue weighted by molar-refractivity contribution is -0.138. The van der Waals surface area contributed by atoms with Crippen LogP contribution in [-0.4, -0.2) is 35.1 Å². The Balaban J connectivity index is 1.54. The fourth-order valence-corrected chi connectivity index (χ4v) is 2.72. The van der Waals surface area contributed by atoms with E-state index in [4.69, 9.17) is 4.42 Å². The second-order valence-corrected chi connectivity index (χ2v) is 5.74. The van der Waals surface area contributed by atoms with Crippen LogP contribution >= 0.6 is 0 Å². The lowest BCUT2D eigenvalue weighted by atomic mass is 10.1. The number of carbonyl (C=O) groups is 4. The van der Waals surface area contributed by atoms with Gasteiger partial charge in [-0.15, -0.1) is 0 Å². The van der Waals surface area contributed by atoms with Gasteiger partial charge in [-0.2, -0.15) is 0 Å². The highest BCUT2D eigenvalue weighted by Crippen LogP contribution is 2.24. The molecular weight excluding hydrogens is 326 g/mol. The summed E-state index contributed by atoms with van der Waals surface area (Å²) >= 11 is 0. The summed E-state index contributed by atoms with van der Waals surface area (Å²) in [6.07, 6.45) is 0.280. The van der Waals surface area contributed by atoms with Crippen molar-refractivity contribution < 1.29 is 23.6 Å². The first-order valence-corrected chi connectivity index (χ1v) is 7.88.